The number of hydrogen-bond acceptors (Lipinski definition) is 3. The zero-order chi connectivity index (χ0) is 13.4. The molecule has 0 aromatic heterocycles. The number of ether oxygens (including phenoxy) is 1. The number of ketones is 1. The van der Waals surface area contributed by atoms with Crippen LogP contribution in [-0.2, 0) is 9.53 Å². The molecule has 0 bridgehead atoms. The van der Waals surface area contributed by atoms with E-state index < -0.39 is 0 Å². The molecule has 0 heterocycles. The van der Waals surface area contributed by atoms with Crippen molar-refractivity contribution in [2.75, 3.05) is 13.6 Å². The molecule has 0 aliphatic heterocycles. The van der Waals surface area contributed by atoms with Gasteiger partial charge in [-0.15, -0.1) is 0 Å². The van der Waals surface area contributed by atoms with E-state index in [0.29, 0.717) is 17.9 Å². The number of nitrogens with zero attached hydrogens (tertiary/aromatic N) is 1. The van der Waals surface area contributed by atoms with E-state index in [1.807, 2.05) is 6.92 Å². The molecular formula is C13H20N2O2. The second-order valence-electron chi connectivity index (χ2n) is 3.47. The van der Waals surface area contributed by atoms with Crippen molar-refractivity contribution < 1.29 is 9.53 Å². The number of amidine groups is 1. The highest BCUT2D eigenvalue weighted by atomic mass is 16.5. The van der Waals surface area contributed by atoms with Gasteiger partial charge in [0.1, 0.15) is 5.76 Å². The number of nitrogens with one attached hydrogen (secondary N) is 1. The fourth-order valence-electron chi connectivity index (χ4n) is 0.962. The highest BCUT2D eigenvalue weighted by Crippen LogP contribution is 2.08. The Hall–Kier alpha value is -1.84. The molecule has 94 valence electrons. The van der Waals surface area contributed by atoms with Gasteiger partial charge in [0, 0.05) is 19.2 Å². The third kappa shape index (κ3) is 5.15. The maximum absolute atomic E-state index is 11.2. The summed E-state index contributed by atoms with van der Waals surface area (Å²) < 4.78 is 5.33. The molecule has 0 atom stereocenters. The summed E-state index contributed by atoms with van der Waals surface area (Å²) in [6, 6.07) is 0.0452. The van der Waals surface area contributed by atoms with E-state index in [1.54, 1.807) is 31.0 Å². The number of Topliss-reactive ketones (excluding diaryl/α,β-unsaturated/α-hetero) is 1. The van der Waals surface area contributed by atoms with Gasteiger partial charge in [-0.2, -0.15) is 0 Å². The fourth-order valence-corrected chi connectivity index (χ4v) is 0.962. The SMILES string of the molecule is C=CC(=CC(=CC)OC(=N)N(C)CC)C(C)=O. The van der Waals surface area contributed by atoms with E-state index in [1.165, 1.54) is 13.0 Å². The smallest absolute Gasteiger partial charge is 0.289 e. The molecule has 0 saturated carbocycles. The molecule has 1 N–H and O–H groups in total. The Balaban J connectivity index is 4.84. The summed E-state index contributed by atoms with van der Waals surface area (Å²) in [5, 5.41) is 7.66. The van der Waals surface area contributed by atoms with Gasteiger partial charge in [-0.25, -0.2) is 0 Å². The summed E-state index contributed by atoms with van der Waals surface area (Å²) in [5.41, 5.74) is 0.463. The highest BCUT2D eigenvalue weighted by molar-refractivity contribution is 5.96. The van der Waals surface area contributed by atoms with Crippen LogP contribution in [0.3, 0.4) is 0 Å². The Kier molecular flexibility index (Phi) is 6.63. The molecule has 0 rings (SSSR count). The van der Waals surface area contributed by atoms with Crippen molar-refractivity contribution in [2.24, 2.45) is 0 Å². The van der Waals surface area contributed by atoms with E-state index in [9.17, 15) is 4.79 Å². The first kappa shape index (κ1) is 15.2. The number of hydrogen-bond donors (Lipinski definition) is 1. The standard InChI is InChI=1S/C13H20N2O2/c1-6-11(10(4)16)9-12(7-2)17-13(14)15(5)8-3/h6-7,9,14H,1,8H2,2-5H3. The van der Waals surface area contributed by atoms with Crippen LogP contribution >= 0.6 is 0 Å². The van der Waals surface area contributed by atoms with Crippen LogP contribution in [0, 0.1) is 5.41 Å². The van der Waals surface area contributed by atoms with E-state index >= 15 is 0 Å². The van der Waals surface area contributed by atoms with Gasteiger partial charge in [-0.05, 0) is 32.9 Å². The number of carbonyl (C=O) groups is 1. The molecule has 0 saturated heterocycles. The molecule has 0 aromatic rings. The van der Waals surface area contributed by atoms with Crippen molar-refractivity contribution >= 4 is 11.8 Å². The first-order valence-corrected chi connectivity index (χ1v) is 5.45. The lowest BCUT2D eigenvalue weighted by molar-refractivity contribution is -0.113. The van der Waals surface area contributed by atoms with Gasteiger partial charge in [0.2, 0.25) is 0 Å². The number of rotatable bonds is 5. The highest BCUT2D eigenvalue weighted by Gasteiger charge is 2.07. The molecule has 4 heteroatoms. The summed E-state index contributed by atoms with van der Waals surface area (Å²) in [7, 11) is 1.76. The molecule has 0 fully saturated rings. The first-order valence-electron chi connectivity index (χ1n) is 5.45. The number of carbonyl (C=O) groups excluding carboxylic acids is 1. The van der Waals surface area contributed by atoms with E-state index in [4.69, 9.17) is 10.1 Å². The minimum atomic E-state index is -0.0849. The van der Waals surface area contributed by atoms with Crippen LogP contribution in [0.1, 0.15) is 20.8 Å². The Morgan fingerprint density at radius 1 is 1.53 bits per heavy atom. The topological polar surface area (TPSA) is 53.4 Å². The lowest BCUT2D eigenvalue weighted by Crippen LogP contribution is -2.27. The Labute approximate surface area is 103 Å². The van der Waals surface area contributed by atoms with E-state index in [2.05, 4.69) is 6.58 Å². The lowest BCUT2D eigenvalue weighted by Gasteiger charge is -2.17. The maximum atomic E-state index is 11.2. The molecule has 0 aromatic carbocycles. The normalized spacial score (nSPS) is 12.0. The molecule has 0 spiro atoms. The number of allylic oxidation sites excluding steroid dienone is 4. The second-order valence-corrected chi connectivity index (χ2v) is 3.47. The van der Waals surface area contributed by atoms with Gasteiger partial charge in [0.25, 0.3) is 6.02 Å². The van der Waals surface area contributed by atoms with Gasteiger partial charge in [0.05, 0.1) is 0 Å². The Bertz CT molecular complexity index is 368. The predicted octanol–water partition coefficient (Wildman–Crippen LogP) is 2.49. The molecule has 0 aliphatic carbocycles. The third-order valence-electron chi connectivity index (χ3n) is 2.24. The quantitative estimate of drug-likeness (QED) is 0.262. The summed E-state index contributed by atoms with van der Waals surface area (Å²) >= 11 is 0. The van der Waals surface area contributed by atoms with Crippen LogP contribution in [0.25, 0.3) is 0 Å². The zero-order valence-corrected chi connectivity index (χ0v) is 10.9. The second kappa shape index (κ2) is 7.44. The van der Waals surface area contributed by atoms with Crippen LogP contribution in [0.2, 0.25) is 0 Å². The van der Waals surface area contributed by atoms with Crippen molar-refractivity contribution in [3.05, 3.63) is 36.1 Å². The van der Waals surface area contributed by atoms with Crippen LogP contribution in [0.5, 0.6) is 0 Å². The summed E-state index contributed by atoms with van der Waals surface area (Å²) in [6.45, 7) is 9.42. The predicted molar refractivity (Wildman–Crippen MR) is 69.8 cm³/mol. The van der Waals surface area contributed by atoms with Gasteiger partial charge in [-0.1, -0.05) is 12.7 Å². The summed E-state index contributed by atoms with van der Waals surface area (Å²) in [5.74, 6) is 0.374. The largest absolute Gasteiger partial charge is 0.427 e. The Morgan fingerprint density at radius 3 is 2.47 bits per heavy atom. The van der Waals surface area contributed by atoms with Gasteiger partial charge >= 0.3 is 0 Å². The molecule has 0 unspecified atom stereocenters. The van der Waals surface area contributed by atoms with Crippen molar-refractivity contribution in [3.8, 4) is 0 Å². The minimum Gasteiger partial charge on any atom is -0.427 e. The molecule has 0 aliphatic rings. The Morgan fingerprint density at radius 2 is 2.12 bits per heavy atom. The third-order valence-corrected chi connectivity index (χ3v) is 2.24. The van der Waals surface area contributed by atoms with E-state index in [0.717, 1.165) is 0 Å². The molecule has 4 nitrogen and oxygen atoms in total. The molecule has 17 heavy (non-hydrogen) atoms. The molecule has 0 amide bonds. The fraction of sp³-hybridized carbons (Fsp3) is 0.385. The molecule has 0 radical (unpaired) electrons. The zero-order valence-electron chi connectivity index (χ0n) is 10.9. The van der Waals surface area contributed by atoms with Crippen LogP contribution in [-0.4, -0.2) is 30.3 Å². The lowest BCUT2D eigenvalue weighted by atomic mass is 10.1. The van der Waals surface area contributed by atoms with Gasteiger partial charge in [-0.3, -0.25) is 10.2 Å². The summed E-state index contributed by atoms with van der Waals surface area (Å²) in [6.07, 6.45) is 4.75. The average molecular weight is 236 g/mol. The van der Waals surface area contributed by atoms with Crippen molar-refractivity contribution in [1.82, 2.24) is 4.90 Å². The summed E-state index contributed by atoms with van der Waals surface area (Å²) in [4.78, 5) is 12.9. The van der Waals surface area contributed by atoms with Crippen molar-refractivity contribution in [1.29, 1.82) is 5.41 Å². The first-order chi connectivity index (χ1) is 7.96. The maximum Gasteiger partial charge on any atom is 0.289 e. The minimum absolute atomic E-state index is 0.0452. The van der Waals surface area contributed by atoms with Crippen molar-refractivity contribution in [3.63, 3.8) is 0 Å². The van der Waals surface area contributed by atoms with Crippen molar-refractivity contribution in [2.45, 2.75) is 20.8 Å². The van der Waals surface area contributed by atoms with Crippen LogP contribution in [0.15, 0.2) is 36.1 Å². The van der Waals surface area contributed by atoms with E-state index in [-0.39, 0.29) is 11.8 Å². The van der Waals surface area contributed by atoms with Gasteiger partial charge < -0.3 is 9.64 Å². The van der Waals surface area contributed by atoms with Crippen LogP contribution < -0.4 is 0 Å². The van der Waals surface area contributed by atoms with Crippen LogP contribution in [0.4, 0.5) is 0 Å². The van der Waals surface area contributed by atoms with Gasteiger partial charge in [0.15, 0.2) is 5.78 Å². The molecular weight excluding hydrogens is 216 g/mol. The monoisotopic (exact) mass is 236 g/mol. The average Bonchev–Trinajstić information content (AvgIpc) is 2.32.